The summed E-state index contributed by atoms with van der Waals surface area (Å²) in [5.74, 6) is -2.63. The summed E-state index contributed by atoms with van der Waals surface area (Å²) in [6, 6.07) is 7.03. The van der Waals surface area contributed by atoms with Crippen LogP contribution in [0.1, 0.15) is 79.2 Å². The van der Waals surface area contributed by atoms with Gasteiger partial charge < -0.3 is 30.9 Å². The van der Waals surface area contributed by atoms with Crippen LogP contribution in [0.5, 0.6) is 0 Å². The molecule has 0 aromatic heterocycles. The highest BCUT2D eigenvalue weighted by molar-refractivity contribution is 7.91. The topological polar surface area (TPSA) is 168 Å². The standard InChI is InChI=1S/C37H63N5O7S/c1-11-25(6)34(41(8)37(46)33(24(4)5)40-36(45)32(39-7)23(2)3)29(49-9)22-31(43)42-19-15-18-27(42)21-28(35(38)44)30(50(10,47)48)20-26-16-13-12-14-17-26/h12-14,16-17,23-25,27-30,32-34,39H,11,15,18-22H2,1-10H3,(H2,38,44)(H,40,45). The maximum Gasteiger partial charge on any atom is 0.245 e. The minimum Gasteiger partial charge on any atom is -0.379 e. The van der Waals surface area contributed by atoms with Gasteiger partial charge in [-0.2, -0.15) is 0 Å². The number of ether oxygens (including phenoxy) is 1. The molecule has 0 aliphatic carbocycles. The first-order valence-electron chi connectivity index (χ1n) is 18.0. The first kappa shape index (κ1) is 43.1. The molecule has 0 radical (unpaired) electrons. The molecular weight excluding hydrogens is 659 g/mol. The number of likely N-dealkylation sites (tertiary alicyclic amines) is 1. The molecule has 1 aliphatic rings. The summed E-state index contributed by atoms with van der Waals surface area (Å²) in [7, 11) is 1.27. The van der Waals surface area contributed by atoms with Crippen LogP contribution >= 0.6 is 0 Å². The van der Waals surface area contributed by atoms with Crippen molar-refractivity contribution in [2.45, 2.75) is 116 Å². The van der Waals surface area contributed by atoms with Crippen LogP contribution in [0.15, 0.2) is 30.3 Å². The Morgan fingerprint density at radius 1 is 1.04 bits per heavy atom. The summed E-state index contributed by atoms with van der Waals surface area (Å²) in [5, 5.41) is 4.96. The number of amides is 4. The van der Waals surface area contributed by atoms with Gasteiger partial charge in [-0.3, -0.25) is 19.2 Å². The fraction of sp³-hybridized carbons (Fsp3) is 0.730. The molecule has 1 aromatic rings. The molecule has 1 aliphatic heterocycles. The van der Waals surface area contributed by atoms with E-state index in [-0.39, 0.29) is 60.8 Å². The van der Waals surface area contributed by atoms with Crippen molar-refractivity contribution in [1.29, 1.82) is 0 Å². The Kier molecular flexibility index (Phi) is 16.9. The maximum atomic E-state index is 14.1. The Morgan fingerprint density at radius 2 is 1.64 bits per heavy atom. The molecule has 8 atom stereocenters. The Labute approximate surface area is 300 Å². The number of methoxy groups -OCH3 is 1. The van der Waals surface area contributed by atoms with Crippen LogP contribution in [0.4, 0.5) is 0 Å². The van der Waals surface area contributed by atoms with Crippen LogP contribution in [0.3, 0.4) is 0 Å². The van der Waals surface area contributed by atoms with Crippen molar-refractivity contribution >= 4 is 33.5 Å². The average molecular weight is 722 g/mol. The largest absolute Gasteiger partial charge is 0.379 e. The number of carbonyl (C=O) groups excluding carboxylic acids is 4. The van der Waals surface area contributed by atoms with Crippen LogP contribution < -0.4 is 16.4 Å². The number of hydrogen-bond acceptors (Lipinski definition) is 8. The van der Waals surface area contributed by atoms with Gasteiger partial charge >= 0.3 is 0 Å². The second-order valence-corrected chi connectivity index (χ2v) is 17.0. The molecule has 12 nitrogen and oxygen atoms in total. The van der Waals surface area contributed by atoms with E-state index in [9.17, 15) is 27.6 Å². The zero-order valence-corrected chi connectivity index (χ0v) is 32.7. The molecule has 2 rings (SSSR count). The lowest BCUT2D eigenvalue weighted by Crippen LogP contribution is -2.59. The number of rotatable bonds is 20. The van der Waals surface area contributed by atoms with E-state index in [0.29, 0.717) is 25.8 Å². The lowest BCUT2D eigenvalue weighted by atomic mass is 9.89. The van der Waals surface area contributed by atoms with Gasteiger partial charge in [0.25, 0.3) is 0 Å². The van der Waals surface area contributed by atoms with Crippen molar-refractivity contribution in [1.82, 2.24) is 20.4 Å². The monoisotopic (exact) mass is 721 g/mol. The predicted octanol–water partition coefficient (Wildman–Crippen LogP) is 2.79. The summed E-state index contributed by atoms with van der Waals surface area (Å²) in [4.78, 5) is 57.5. The molecule has 0 saturated carbocycles. The number of sulfone groups is 1. The lowest BCUT2D eigenvalue weighted by molar-refractivity contribution is -0.146. The number of carbonyl (C=O) groups is 4. The number of nitrogens with one attached hydrogen (secondary N) is 2. The van der Waals surface area contributed by atoms with Gasteiger partial charge in [0.1, 0.15) is 6.04 Å². The van der Waals surface area contributed by atoms with Gasteiger partial charge in [0.15, 0.2) is 9.84 Å². The highest BCUT2D eigenvalue weighted by Crippen LogP contribution is 2.31. The normalized spacial score (nSPS) is 19.4. The van der Waals surface area contributed by atoms with E-state index in [0.717, 1.165) is 11.8 Å². The molecule has 8 unspecified atom stereocenters. The molecule has 50 heavy (non-hydrogen) atoms. The van der Waals surface area contributed by atoms with Crippen molar-refractivity contribution < 1.29 is 32.3 Å². The van der Waals surface area contributed by atoms with Crippen LogP contribution in [-0.2, 0) is 40.2 Å². The number of likely N-dealkylation sites (N-methyl/N-ethyl adjacent to an activating group) is 2. The third kappa shape index (κ3) is 11.5. The van der Waals surface area contributed by atoms with Gasteiger partial charge in [-0.05, 0) is 56.0 Å². The molecule has 1 aromatic carbocycles. The van der Waals surface area contributed by atoms with E-state index in [1.54, 1.807) is 23.9 Å². The molecule has 13 heteroatoms. The summed E-state index contributed by atoms with van der Waals surface area (Å²) in [6.45, 7) is 12.1. The average Bonchev–Trinajstić information content (AvgIpc) is 3.52. The maximum absolute atomic E-state index is 14.1. The third-order valence-corrected chi connectivity index (χ3v) is 12.0. The minimum absolute atomic E-state index is 0.0196. The van der Waals surface area contributed by atoms with Crippen molar-refractivity contribution in [3.05, 3.63) is 35.9 Å². The number of nitrogens with two attached hydrogens (primary N) is 1. The van der Waals surface area contributed by atoms with Gasteiger partial charge in [0, 0.05) is 33.0 Å². The smallest absolute Gasteiger partial charge is 0.245 e. The van der Waals surface area contributed by atoms with Crippen LogP contribution in [0.2, 0.25) is 0 Å². The zero-order chi connectivity index (χ0) is 37.9. The van der Waals surface area contributed by atoms with Gasteiger partial charge in [0.05, 0.1) is 35.8 Å². The summed E-state index contributed by atoms with van der Waals surface area (Å²) >= 11 is 0. The number of hydrogen-bond donors (Lipinski definition) is 3. The highest BCUT2D eigenvalue weighted by Gasteiger charge is 2.42. The molecule has 0 spiro atoms. The van der Waals surface area contributed by atoms with Crippen LogP contribution in [0, 0.1) is 23.7 Å². The van der Waals surface area contributed by atoms with Crippen molar-refractivity contribution in [3.8, 4) is 0 Å². The van der Waals surface area contributed by atoms with Gasteiger partial charge in [-0.25, -0.2) is 8.42 Å². The van der Waals surface area contributed by atoms with Crippen LogP contribution in [0.25, 0.3) is 0 Å². The zero-order valence-electron chi connectivity index (χ0n) is 31.8. The molecule has 1 heterocycles. The van der Waals surface area contributed by atoms with E-state index < -0.39 is 51.1 Å². The SMILES string of the molecule is CCC(C)C(C(CC(=O)N1CCCC1CC(C(N)=O)C(Cc1ccccc1)S(C)(=O)=O)OC)N(C)C(=O)C(NC(=O)C(NC)C(C)C)C(C)C. The first-order chi connectivity index (χ1) is 23.4. The predicted molar refractivity (Wildman–Crippen MR) is 197 cm³/mol. The number of primary amides is 1. The Hall–Kier alpha value is -3.03. The second kappa shape index (κ2) is 19.5. The Bertz CT molecular complexity index is 1370. The van der Waals surface area contributed by atoms with Crippen molar-refractivity contribution in [2.24, 2.45) is 29.4 Å². The summed E-state index contributed by atoms with van der Waals surface area (Å²) in [5.41, 5.74) is 6.65. The number of benzene rings is 1. The Morgan fingerprint density at radius 3 is 2.12 bits per heavy atom. The van der Waals surface area contributed by atoms with Gasteiger partial charge in [-0.1, -0.05) is 78.3 Å². The molecule has 0 bridgehead atoms. The number of nitrogens with zero attached hydrogens (tertiary/aromatic N) is 2. The molecule has 1 fully saturated rings. The van der Waals surface area contributed by atoms with E-state index in [1.165, 1.54) is 7.11 Å². The lowest BCUT2D eigenvalue weighted by Gasteiger charge is -2.40. The molecule has 4 N–H and O–H groups in total. The third-order valence-electron chi connectivity index (χ3n) is 10.4. The first-order valence-corrected chi connectivity index (χ1v) is 19.9. The van der Waals surface area contributed by atoms with Crippen molar-refractivity contribution in [3.63, 3.8) is 0 Å². The Balaban J connectivity index is 2.32. The fourth-order valence-electron chi connectivity index (χ4n) is 7.35. The van der Waals surface area contributed by atoms with Gasteiger partial charge in [0.2, 0.25) is 23.6 Å². The van der Waals surface area contributed by atoms with Crippen LogP contribution in [-0.4, -0.2) is 111 Å². The molecular formula is C37H63N5O7S. The fourth-order valence-corrected chi connectivity index (χ4v) is 8.69. The van der Waals surface area contributed by atoms with E-state index in [4.69, 9.17) is 10.5 Å². The quantitative estimate of drug-likeness (QED) is 0.185. The highest BCUT2D eigenvalue weighted by atomic mass is 32.2. The minimum atomic E-state index is -3.67. The van der Waals surface area contributed by atoms with Gasteiger partial charge in [-0.15, -0.1) is 0 Å². The summed E-state index contributed by atoms with van der Waals surface area (Å²) in [6.07, 6.45) is 2.75. The summed E-state index contributed by atoms with van der Waals surface area (Å²) < 4.78 is 32.0. The second-order valence-electron chi connectivity index (χ2n) is 14.7. The van der Waals surface area contributed by atoms with E-state index >= 15 is 0 Å². The van der Waals surface area contributed by atoms with E-state index in [2.05, 4.69) is 10.6 Å². The molecule has 284 valence electrons. The molecule has 4 amide bonds. The van der Waals surface area contributed by atoms with E-state index in [1.807, 2.05) is 71.9 Å². The molecule has 1 saturated heterocycles. The van der Waals surface area contributed by atoms with Crippen molar-refractivity contribution in [2.75, 3.05) is 34.0 Å².